The molecule has 116 valence electrons. The second-order valence-corrected chi connectivity index (χ2v) is 6.31. The van der Waals surface area contributed by atoms with E-state index in [2.05, 4.69) is 37.9 Å². The number of pyridine rings is 1. The van der Waals surface area contributed by atoms with Gasteiger partial charge in [-0.25, -0.2) is 9.97 Å². The number of benzene rings is 1. The number of anilines is 1. The topological polar surface area (TPSA) is 76.9 Å². The Morgan fingerprint density at radius 1 is 1.30 bits per heavy atom. The molecule has 3 rings (SSSR count). The monoisotopic (exact) mass is 420 g/mol. The molecule has 1 aromatic carbocycles. The summed E-state index contributed by atoms with van der Waals surface area (Å²) in [6.07, 6.45) is 2.92. The van der Waals surface area contributed by atoms with E-state index in [1.54, 1.807) is 18.3 Å². The fourth-order valence-electron chi connectivity index (χ4n) is 2.22. The van der Waals surface area contributed by atoms with Gasteiger partial charge in [0.05, 0.1) is 5.39 Å². The van der Waals surface area contributed by atoms with Crippen molar-refractivity contribution < 1.29 is 4.79 Å². The molecule has 6 nitrogen and oxygen atoms in total. The van der Waals surface area contributed by atoms with Crippen LogP contribution in [0.4, 0.5) is 5.69 Å². The number of nitrogens with zero attached hydrogens (tertiary/aromatic N) is 3. The minimum absolute atomic E-state index is 0.0951. The molecule has 3 aromatic rings. The van der Waals surface area contributed by atoms with Crippen LogP contribution in [0.5, 0.6) is 0 Å². The average Bonchev–Trinajstić information content (AvgIpc) is 2.53. The average molecular weight is 420 g/mol. The Bertz CT molecular complexity index is 952. The Labute approximate surface area is 145 Å². The summed E-state index contributed by atoms with van der Waals surface area (Å²) in [5.74, 6) is -0.276. The highest BCUT2D eigenvalue weighted by Gasteiger charge is 2.10. The van der Waals surface area contributed by atoms with Crippen molar-refractivity contribution in [2.75, 3.05) is 5.32 Å². The Kier molecular flexibility index (Phi) is 4.37. The summed E-state index contributed by atoms with van der Waals surface area (Å²) in [4.78, 5) is 32.6. The van der Waals surface area contributed by atoms with Crippen LogP contribution in [0.15, 0.2) is 47.7 Å². The zero-order valence-electron chi connectivity index (χ0n) is 12.3. The van der Waals surface area contributed by atoms with Crippen LogP contribution < -0.4 is 10.9 Å². The molecule has 23 heavy (non-hydrogen) atoms. The van der Waals surface area contributed by atoms with Gasteiger partial charge in [-0.2, -0.15) is 0 Å². The molecule has 1 N–H and O–H groups in total. The molecule has 1 amide bonds. The largest absolute Gasteiger partial charge is 0.324 e. The summed E-state index contributed by atoms with van der Waals surface area (Å²) in [5, 5.41) is 3.21. The second-order valence-electron chi connectivity index (χ2n) is 5.06. The van der Waals surface area contributed by atoms with E-state index in [0.717, 1.165) is 14.8 Å². The van der Waals surface area contributed by atoms with E-state index < -0.39 is 0 Å². The van der Waals surface area contributed by atoms with Crippen LogP contribution in [-0.2, 0) is 11.3 Å². The summed E-state index contributed by atoms with van der Waals surface area (Å²) >= 11 is 2.21. The van der Waals surface area contributed by atoms with Crippen molar-refractivity contribution in [1.29, 1.82) is 0 Å². The van der Waals surface area contributed by atoms with Crippen molar-refractivity contribution in [3.63, 3.8) is 0 Å². The number of hydrogen-bond donors (Lipinski definition) is 1. The van der Waals surface area contributed by atoms with Gasteiger partial charge in [-0.05, 0) is 65.4 Å². The van der Waals surface area contributed by atoms with Gasteiger partial charge in [0, 0.05) is 15.5 Å². The van der Waals surface area contributed by atoms with Gasteiger partial charge in [-0.3, -0.25) is 14.2 Å². The van der Waals surface area contributed by atoms with Crippen molar-refractivity contribution in [3.05, 3.63) is 62.3 Å². The molecule has 2 aromatic heterocycles. The zero-order chi connectivity index (χ0) is 16.4. The number of aromatic nitrogens is 3. The van der Waals surface area contributed by atoms with Gasteiger partial charge in [0.1, 0.15) is 12.9 Å². The number of carbonyl (C=O) groups is 1. The highest BCUT2D eigenvalue weighted by Crippen LogP contribution is 2.17. The molecule has 0 fully saturated rings. The Hall–Kier alpha value is -2.29. The first-order valence-electron chi connectivity index (χ1n) is 6.91. The molecule has 0 aliphatic rings. The molecule has 0 aliphatic carbocycles. The Morgan fingerprint density at radius 3 is 2.91 bits per heavy atom. The molecule has 0 bridgehead atoms. The Balaban J connectivity index is 1.83. The van der Waals surface area contributed by atoms with Gasteiger partial charge in [0.15, 0.2) is 5.65 Å². The Morgan fingerprint density at radius 2 is 2.13 bits per heavy atom. The van der Waals surface area contributed by atoms with Gasteiger partial charge in [0.2, 0.25) is 5.91 Å². The lowest BCUT2D eigenvalue weighted by atomic mass is 10.2. The first kappa shape index (κ1) is 15.6. The zero-order valence-corrected chi connectivity index (χ0v) is 14.4. The molecule has 0 unspecified atom stereocenters. The molecular formula is C16H13IN4O2. The molecule has 0 saturated carbocycles. The third kappa shape index (κ3) is 3.39. The molecule has 0 atom stereocenters. The van der Waals surface area contributed by atoms with Crippen LogP contribution in [0.1, 0.15) is 5.56 Å². The third-order valence-electron chi connectivity index (χ3n) is 3.37. The summed E-state index contributed by atoms with van der Waals surface area (Å²) in [6.45, 7) is 1.83. The summed E-state index contributed by atoms with van der Waals surface area (Å²) in [5.41, 5.74) is 1.80. The van der Waals surface area contributed by atoms with Crippen LogP contribution in [-0.4, -0.2) is 20.4 Å². The molecule has 0 radical (unpaired) electrons. The van der Waals surface area contributed by atoms with Crippen molar-refractivity contribution >= 4 is 45.2 Å². The normalized spacial score (nSPS) is 10.7. The van der Waals surface area contributed by atoms with E-state index in [-0.39, 0.29) is 18.0 Å². The van der Waals surface area contributed by atoms with Crippen LogP contribution >= 0.6 is 22.6 Å². The maximum Gasteiger partial charge on any atom is 0.263 e. The minimum atomic E-state index is -0.280. The second kappa shape index (κ2) is 6.45. The number of amides is 1. The first-order valence-corrected chi connectivity index (χ1v) is 7.98. The molecule has 0 saturated heterocycles. The number of rotatable bonds is 3. The molecular weight excluding hydrogens is 407 g/mol. The maximum absolute atomic E-state index is 12.3. The lowest BCUT2D eigenvalue weighted by Crippen LogP contribution is -2.28. The van der Waals surface area contributed by atoms with E-state index in [4.69, 9.17) is 0 Å². The lowest BCUT2D eigenvalue weighted by Gasteiger charge is -2.10. The van der Waals surface area contributed by atoms with Crippen LogP contribution in [0, 0.1) is 10.5 Å². The lowest BCUT2D eigenvalue weighted by molar-refractivity contribution is -0.116. The summed E-state index contributed by atoms with van der Waals surface area (Å²) in [7, 11) is 0. The molecule has 0 aliphatic heterocycles. The number of carbonyl (C=O) groups excluding carboxylic acids is 1. The van der Waals surface area contributed by atoms with Crippen LogP contribution in [0.25, 0.3) is 11.0 Å². The summed E-state index contributed by atoms with van der Waals surface area (Å²) < 4.78 is 2.38. The van der Waals surface area contributed by atoms with E-state index >= 15 is 0 Å². The van der Waals surface area contributed by atoms with Crippen LogP contribution in [0.2, 0.25) is 0 Å². The van der Waals surface area contributed by atoms with Crippen molar-refractivity contribution in [2.24, 2.45) is 0 Å². The van der Waals surface area contributed by atoms with Gasteiger partial charge >= 0.3 is 0 Å². The van der Waals surface area contributed by atoms with E-state index in [1.807, 2.05) is 25.1 Å². The van der Waals surface area contributed by atoms with E-state index in [1.165, 1.54) is 10.9 Å². The van der Waals surface area contributed by atoms with Crippen molar-refractivity contribution in [3.8, 4) is 0 Å². The maximum atomic E-state index is 12.3. The first-order chi connectivity index (χ1) is 11.0. The minimum Gasteiger partial charge on any atom is -0.324 e. The highest BCUT2D eigenvalue weighted by atomic mass is 127. The quantitative estimate of drug-likeness (QED) is 0.661. The van der Waals surface area contributed by atoms with Crippen molar-refractivity contribution in [1.82, 2.24) is 14.5 Å². The third-order valence-corrected chi connectivity index (χ3v) is 4.04. The highest BCUT2D eigenvalue weighted by molar-refractivity contribution is 14.1. The fourth-order valence-corrected chi connectivity index (χ4v) is 2.87. The van der Waals surface area contributed by atoms with Crippen molar-refractivity contribution in [2.45, 2.75) is 13.5 Å². The smallest absolute Gasteiger partial charge is 0.263 e. The number of halogens is 1. The predicted octanol–water partition coefficient (Wildman–Crippen LogP) is 2.34. The van der Waals surface area contributed by atoms with Gasteiger partial charge in [0.25, 0.3) is 5.56 Å². The molecule has 7 heteroatoms. The molecule has 2 heterocycles. The van der Waals surface area contributed by atoms with Gasteiger partial charge in [-0.15, -0.1) is 0 Å². The standard InChI is InChI=1S/C16H13IN4O2/c1-10-7-11(17)4-5-13(10)20-14(22)8-21-9-19-15-12(16(21)23)3-2-6-18-15/h2-7,9H,8H2,1H3,(H,20,22). The molecule has 0 spiro atoms. The number of hydrogen-bond acceptors (Lipinski definition) is 4. The van der Waals surface area contributed by atoms with Gasteiger partial charge < -0.3 is 5.32 Å². The number of aryl methyl sites for hydroxylation is 1. The number of nitrogens with one attached hydrogen (secondary N) is 1. The SMILES string of the molecule is Cc1cc(I)ccc1NC(=O)Cn1cnc2ncccc2c1=O. The van der Waals surface area contributed by atoms with E-state index in [9.17, 15) is 9.59 Å². The van der Waals surface area contributed by atoms with Crippen LogP contribution in [0.3, 0.4) is 0 Å². The summed E-state index contributed by atoms with van der Waals surface area (Å²) in [6, 6.07) is 9.06. The predicted molar refractivity (Wildman–Crippen MR) is 96.3 cm³/mol. The van der Waals surface area contributed by atoms with E-state index in [0.29, 0.717) is 11.0 Å². The number of fused-ring (bicyclic) bond motifs is 1. The fraction of sp³-hybridized carbons (Fsp3) is 0.125. The van der Waals surface area contributed by atoms with Gasteiger partial charge in [-0.1, -0.05) is 0 Å².